The number of carbonyl (C=O) groups is 4. The summed E-state index contributed by atoms with van der Waals surface area (Å²) < 4.78 is 0. The quantitative estimate of drug-likeness (QED) is 0.398. The van der Waals surface area contributed by atoms with Crippen LogP contribution in [-0.4, -0.2) is 40.0 Å². The number of nitrogens with zero attached hydrogens (tertiary/aromatic N) is 2. The second-order valence-corrected chi connectivity index (χ2v) is 6.97. The van der Waals surface area contributed by atoms with Crippen molar-refractivity contribution in [2.24, 2.45) is 0 Å². The monoisotopic (exact) mass is 424 g/mol. The molecule has 0 radical (unpaired) electrons. The summed E-state index contributed by atoms with van der Waals surface area (Å²) in [4.78, 5) is 60.1. The van der Waals surface area contributed by atoms with E-state index in [2.05, 4.69) is 10.6 Å². The van der Waals surface area contributed by atoms with Gasteiger partial charge in [0, 0.05) is 18.2 Å². The molecule has 31 heavy (non-hydrogen) atoms. The number of hydrogen-bond acceptors (Lipinski definition) is 6. The Morgan fingerprint density at radius 3 is 2.35 bits per heavy atom. The molecule has 1 atom stereocenters. The lowest BCUT2D eigenvalue weighted by Crippen LogP contribution is -2.41. The van der Waals surface area contributed by atoms with E-state index in [9.17, 15) is 29.3 Å². The molecule has 2 aromatic rings. The molecule has 4 amide bonds. The van der Waals surface area contributed by atoms with Crippen molar-refractivity contribution in [1.82, 2.24) is 10.2 Å². The summed E-state index contributed by atoms with van der Waals surface area (Å²) in [6, 6.07) is 10.2. The van der Waals surface area contributed by atoms with E-state index in [1.807, 2.05) is 0 Å². The van der Waals surface area contributed by atoms with Crippen molar-refractivity contribution in [3.8, 4) is 0 Å². The second kappa shape index (κ2) is 8.74. The van der Waals surface area contributed by atoms with Crippen LogP contribution in [0, 0.1) is 10.1 Å². The minimum atomic E-state index is -0.869. The normalized spacial score (nSPS) is 13.5. The van der Waals surface area contributed by atoms with Gasteiger partial charge in [-0.2, -0.15) is 0 Å². The van der Waals surface area contributed by atoms with Crippen LogP contribution in [0.25, 0.3) is 0 Å². The molecule has 1 aliphatic heterocycles. The van der Waals surface area contributed by atoms with Crippen LogP contribution >= 0.6 is 0 Å². The summed E-state index contributed by atoms with van der Waals surface area (Å²) in [6.07, 6.45) is 0.356. The largest absolute Gasteiger partial charge is 0.348 e. The molecule has 0 spiro atoms. The predicted molar refractivity (Wildman–Crippen MR) is 110 cm³/mol. The van der Waals surface area contributed by atoms with Crippen molar-refractivity contribution in [3.63, 3.8) is 0 Å². The summed E-state index contributed by atoms with van der Waals surface area (Å²) in [7, 11) is 0. The Balaban J connectivity index is 1.66. The molecule has 3 rings (SSSR count). The van der Waals surface area contributed by atoms with E-state index < -0.39 is 40.9 Å². The summed E-state index contributed by atoms with van der Waals surface area (Å²) in [5.74, 6) is -2.32. The van der Waals surface area contributed by atoms with Gasteiger partial charge in [0.25, 0.3) is 17.5 Å². The Kier molecular flexibility index (Phi) is 6.10. The zero-order valence-corrected chi connectivity index (χ0v) is 16.9. The number of amides is 4. The number of nitrogens with one attached hydrogen (secondary N) is 2. The average Bonchev–Trinajstić information content (AvgIpc) is 2.98. The van der Waals surface area contributed by atoms with Gasteiger partial charge in [0.1, 0.15) is 12.1 Å². The molecule has 0 aliphatic carbocycles. The number of anilines is 1. The van der Waals surface area contributed by atoms with Crippen molar-refractivity contribution in [1.29, 1.82) is 0 Å². The van der Waals surface area contributed by atoms with Gasteiger partial charge in [-0.15, -0.1) is 0 Å². The number of nitro groups is 1. The van der Waals surface area contributed by atoms with E-state index in [-0.39, 0.29) is 17.0 Å². The molecule has 0 bridgehead atoms. The van der Waals surface area contributed by atoms with Crippen LogP contribution < -0.4 is 10.6 Å². The maximum Gasteiger partial charge on any atom is 0.282 e. The Labute approximate surface area is 177 Å². The number of imide groups is 1. The van der Waals surface area contributed by atoms with Crippen LogP contribution in [0.3, 0.4) is 0 Å². The highest BCUT2D eigenvalue weighted by Gasteiger charge is 2.41. The van der Waals surface area contributed by atoms with Crippen LogP contribution in [0.2, 0.25) is 0 Å². The van der Waals surface area contributed by atoms with E-state index in [4.69, 9.17) is 0 Å². The van der Waals surface area contributed by atoms with Crippen LogP contribution in [0.1, 0.15) is 52.6 Å². The van der Waals surface area contributed by atoms with Crippen LogP contribution in [0.5, 0.6) is 0 Å². The third-order valence-electron chi connectivity index (χ3n) is 4.87. The lowest BCUT2D eigenvalue weighted by atomic mass is 10.1. The van der Waals surface area contributed by atoms with E-state index in [1.54, 1.807) is 38.1 Å². The minimum absolute atomic E-state index is 0.0928. The number of fused-ring (bicyclic) bond motifs is 1. The Bertz CT molecular complexity index is 1080. The molecule has 0 saturated heterocycles. The van der Waals surface area contributed by atoms with Gasteiger partial charge >= 0.3 is 0 Å². The van der Waals surface area contributed by atoms with Gasteiger partial charge in [0.05, 0.1) is 16.5 Å². The van der Waals surface area contributed by atoms with Gasteiger partial charge in [0.2, 0.25) is 11.8 Å². The van der Waals surface area contributed by atoms with E-state index in [1.165, 1.54) is 12.1 Å². The first-order chi connectivity index (χ1) is 14.7. The first-order valence-electron chi connectivity index (χ1n) is 9.55. The lowest BCUT2D eigenvalue weighted by molar-refractivity contribution is -0.385. The van der Waals surface area contributed by atoms with Crippen molar-refractivity contribution in [2.75, 3.05) is 11.9 Å². The van der Waals surface area contributed by atoms with Gasteiger partial charge in [-0.05, 0) is 30.7 Å². The standard InChI is InChI=1S/C21H20N4O6/c1-3-17(26)23-14-9-7-13(8-10-14)12(2)22-18(27)11-24-20(28)15-5-4-6-16(25(30)31)19(15)21(24)29/h4-10,12H,3,11H2,1-2H3,(H,22,27)(H,23,26). The van der Waals surface area contributed by atoms with Gasteiger partial charge < -0.3 is 10.6 Å². The molecular weight excluding hydrogens is 404 g/mol. The lowest BCUT2D eigenvalue weighted by Gasteiger charge is -2.18. The van der Waals surface area contributed by atoms with Gasteiger partial charge in [-0.1, -0.05) is 25.1 Å². The Morgan fingerprint density at radius 2 is 1.74 bits per heavy atom. The molecule has 0 fully saturated rings. The predicted octanol–water partition coefficient (Wildman–Crippen LogP) is 2.42. The maximum absolute atomic E-state index is 12.6. The van der Waals surface area contributed by atoms with E-state index in [0.717, 1.165) is 11.6 Å². The van der Waals surface area contributed by atoms with Gasteiger partial charge in [-0.25, -0.2) is 0 Å². The maximum atomic E-state index is 12.6. The molecular formula is C21H20N4O6. The Hall–Kier alpha value is -4.08. The molecule has 0 saturated carbocycles. The molecule has 2 N–H and O–H groups in total. The zero-order chi connectivity index (χ0) is 22.7. The van der Waals surface area contributed by atoms with Crippen LogP contribution in [0.4, 0.5) is 11.4 Å². The summed E-state index contributed by atoms with van der Waals surface area (Å²) in [6.45, 7) is 2.91. The number of hydrogen-bond donors (Lipinski definition) is 2. The summed E-state index contributed by atoms with van der Waals surface area (Å²) in [5.41, 5.74) is 0.512. The molecule has 160 valence electrons. The molecule has 1 aliphatic rings. The molecule has 2 aromatic carbocycles. The van der Waals surface area contributed by atoms with Crippen molar-refractivity contribution in [3.05, 3.63) is 69.3 Å². The van der Waals surface area contributed by atoms with Gasteiger partial charge in [-0.3, -0.25) is 34.2 Å². The highest BCUT2D eigenvalue weighted by molar-refractivity contribution is 6.24. The van der Waals surface area contributed by atoms with E-state index in [0.29, 0.717) is 17.0 Å². The SMILES string of the molecule is CCC(=O)Nc1ccc(C(C)NC(=O)CN2C(=O)c3cccc([N+](=O)[O-])c3C2=O)cc1. The smallest absolute Gasteiger partial charge is 0.282 e. The van der Waals surface area contributed by atoms with E-state index >= 15 is 0 Å². The highest BCUT2D eigenvalue weighted by atomic mass is 16.6. The molecule has 1 unspecified atom stereocenters. The number of rotatable bonds is 7. The molecule has 10 heteroatoms. The van der Waals surface area contributed by atoms with Crippen molar-refractivity contribution in [2.45, 2.75) is 26.3 Å². The fraction of sp³-hybridized carbons (Fsp3) is 0.238. The minimum Gasteiger partial charge on any atom is -0.348 e. The number of benzene rings is 2. The van der Waals surface area contributed by atoms with Crippen LogP contribution in [-0.2, 0) is 9.59 Å². The van der Waals surface area contributed by atoms with Crippen molar-refractivity contribution < 1.29 is 24.1 Å². The second-order valence-electron chi connectivity index (χ2n) is 6.97. The first kappa shape index (κ1) is 21.6. The first-order valence-corrected chi connectivity index (χ1v) is 9.55. The third-order valence-corrected chi connectivity index (χ3v) is 4.87. The topological polar surface area (TPSA) is 139 Å². The number of nitro benzene ring substituents is 1. The zero-order valence-electron chi connectivity index (χ0n) is 16.9. The summed E-state index contributed by atoms with van der Waals surface area (Å²) in [5, 5.41) is 16.6. The van der Waals surface area contributed by atoms with Gasteiger partial charge in [0.15, 0.2) is 0 Å². The highest BCUT2D eigenvalue weighted by Crippen LogP contribution is 2.30. The van der Waals surface area contributed by atoms with Crippen LogP contribution in [0.15, 0.2) is 42.5 Å². The molecule has 0 aromatic heterocycles. The molecule has 10 nitrogen and oxygen atoms in total. The average molecular weight is 424 g/mol. The number of carbonyl (C=O) groups excluding carboxylic acids is 4. The fourth-order valence-electron chi connectivity index (χ4n) is 3.23. The fourth-order valence-corrected chi connectivity index (χ4v) is 3.23. The van der Waals surface area contributed by atoms with Crippen molar-refractivity contribution >= 4 is 35.0 Å². The summed E-state index contributed by atoms with van der Waals surface area (Å²) >= 11 is 0. The Morgan fingerprint density at radius 1 is 1.06 bits per heavy atom. The molecule has 1 heterocycles. The third kappa shape index (κ3) is 4.42.